The van der Waals surface area contributed by atoms with Crippen molar-refractivity contribution in [1.29, 1.82) is 0 Å². The quantitative estimate of drug-likeness (QED) is 0.616. The van der Waals surface area contributed by atoms with Gasteiger partial charge in [-0.25, -0.2) is 18.4 Å². The largest absolute Gasteiger partial charge is 0.351 e. The molecule has 9 nitrogen and oxygen atoms in total. The second kappa shape index (κ2) is 6.06. The first kappa shape index (κ1) is 17.3. The normalized spacial score (nSPS) is 10.9. The van der Waals surface area contributed by atoms with Crippen LogP contribution in [-0.4, -0.2) is 24.1 Å². The van der Waals surface area contributed by atoms with E-state index < -0.39 is 28.1 Å². The van der Waals surface area contributed by atoms with Gasteiger partial charge in [0.05, 0.1) is 11.3 Å². The van der Waals surface area contributed by atoms with Crippen LogP contribution in [0.1, 0.15) is 5.56 Å². The van der Waals surface area contributed by atoms with Crippen LogP contribution in [0.2, 0.25) is 0 Å². The number of aryl methyl sites for hydroxylation is 3. The number of nitrogens with one attached hydrogen (secondary N) is 1. The number of benzene rings is 1. The monoisotopic (exact) mass is 359 g/mol. The molecule has 0 unspecified atom stereocenters. The lowest BCUT2D eigenvalue weighted by atomic mass is 10.2. The molecule has 3 aromatic rings. The maximum atomic E-state index is 13.5. The first-order valence-corrected chi connectivity index (χ1v) is 7.48. The van der Waals surface area contributed by atoms with E-state index in [-0.39, 0.29) is 22.5 Å². The molecule has 0 spiro atoms. The molecule has 2 aromatic heterocycles. The lowest BCUT2D eigenvalue weighted by Gasteiger charge is -2.10. The fraction of sp³-hybridized carbons (Fsp3) is 0.188. The van der Waals surface area contributed by atoms with E-state index in [1.165, 1.54) is 33.2 Å². The summed E-state index contributed by atoms with van der Waals surface area (Å²) in [5, 5.41) is 6.35. The minimum absolute atomic E-state index is 0.124. The summed E-state index contributed by atoms with van der Waals surface area (Å²) >= 11 is 0. The van der Waals surface area contributed by atoms with E-state index in [9.17, 15) is 23.6 Å². The molecule has 3 rings (SSSR count). The summed E-state index contributed by atoms with van der Waals surface area (Å²) in [4.78, 5) is 49.3. The molecule has 10 heteroatoms. The van der Waals surface area contributed by atoms with Crippen LogP contribution >= 0.6 is 0 Å². The predicted molar refractivity (Wildman–Crippen MR) is 91.1 cm³/mol. The Labute approximate surface area is 144 Å². The number of hydrogen-bond donors (Lipinski definition) is 1. The van der Waals surface area contributed by atoms with Crippen LogP contribution < -0.4 is 22.2 Å². The highest BCUT2D eigenvalue weighted by atomic mass is 19.1. The third kappa shape index (κ3) is 2.61. The summed E-state index contributed by atoms with van der Waals surface area (Å²) < 4.78 is 16.1. The van der Waals surface area contributed by atoms with Crippen molar-refractivity contribution in [2.45, 2.75) is 6.92 Å². The van der Waals surface area contributed by atoms with Crippen molar-refractivity contribution in [3.63, 3.8) is 0 Å². The lowest BCUT2D eigenvalue weighted by molar-refractivity contribution is 0.614. The summed E-state index contributed by atoms with van der Waals surface area (Å²) in [6.45, 7) is 1.49. The Bertz CT molecular complexity index is 1270. The third-order valence-corrected chi connectivity index (χ3v) is 3.92. The van der Waals surface area contributed by atoms with Gasteiger partial charge in [0.2, 0.25) is 0 Å². The van der Waals surface area contributed by atoms with Crippen LogP contribution in [-0.2, 0) is 14.1 Å². The zero-order chi connectivity index (χ0) is 19.2. The van der Waals surface area contributed by atoms with Gasteiger partial charge in [-0.15, -0.1) is 0 Å². The molecule has 134 valence electrons. The Hall–Kier alpha value is -3.56. The van der Waals surface area contributed by atoms with Crippen LogP contribution in [0.4, 0.5) is 4.39 Å². The van der Waals surface area contributed by atoms with Crippen LogP contribution in [0.25, 0.3) is 16.9 Å². The number of aromatic nitrogens is 5. The molecule has 0 bridgehead atoms. The Morgan fingerprint density at radius 1 is 1.08 bits per heavy atom. The Balaban J connectivity index is 2.40. The topological polar surface area (TPSA) is 112 Å². The molecule has 0 saturated carbocycles. The highest BCUT2D eigenvalue weighted by Crippen LogP contribution is 2.12. The number of halogens is 1. The zero-order valence-electron chi connectivity index (χ0n) is 14.1. The van der Waals surface area contributed by atoms with E-state index in [0.29, 0.717) is 0 Å². The summed E-state index contributed by atoms with van der Waals surface area (Å²) in [5.74, 6) is -0.490. The Morgan fingerprint density at radius 3 is 2.42 bits per heavy atom. The maximum absolute atomic E-state index is 13.5. The lowest BCUT2D eigenvalue weighted by Crippen LogP contribution is -2.42. The van der Waals surface area contributed by atoms with Crippen LogP contribution in [0.3, 0.4) is 0 Å². The summed E-state index contributed by atoms with van der Waals surface area (Å²) in [6, 6.07) is 3.72. The van der Waals surface area contributed by atoms with Gasteiger partial charge in [0.1, 0.15) is 5.82 Å². The standard InChI is InChI=1S/C16H14FN5O4/c1-8-6-9(4-5-11(8)17)22-14(24)12(19-21(3)16(22)26)10-7-18-20(2)15(25)13(10)23/h4-7,18H,1-3H3. The van der Waals surface area contributed by atoms with Gasteiger partial charge in [-0.05, 0) is 30.7 Å². The Kier molecular flexibility index (Phi) is 4.03. The summed E-state index contributed by atoms with van der Waals surface area (Å²) in [7, 11) is 2.65. The molecule has 2 heterocycles. The van der Waals surface area contributed by atoms with Gasteiger partial charge in [-0.1, -0.05) is 0 Å². The molecule has 0 fully saturated rings. The minimum atomic E-state index is -0.934. The fourth-order valence-corrected chi connectivity index (χ4v) is 2.47. The van der Waals surface area contributed by atoms with E-state index >= 15 is 0 Å². The van der Waals surface area contributed by atoms with Crippen molar-refractivity contribution in [3.8, 4) is 16.9 Å². The van der Waals surface area contributed by atoms with Crippen LogP contribution in [0, 0.1) is 12.7 Å². The zero-order valence-corrected chi connectivity index (χ0v) is 14.1. The van der Waals surface area contributed by atoms with Gasteiger partial charge in [0, 0.05) is 20.3 Å². The second-order valence-corrected chi connectivity index (χ2v) is 5.71. The molecule has 1 aromatic carbocycles. The van der Waals surface area contributed by atoms with E-state index in [1.807, 2.05) is 0 Å². The van der Waals surface area contributed by atoms with E-state index in [0.717, 1.165) is 26.2 Å². The van der Waals surface area contributed by atoms with Crippen molar-refractivity contribution in [2.75, 3.05) is 0 Å². The second-order valence-electron chi connectivity index (χ2n) is 5.71. The number of aromatic amines is 1. The van der Waals surface area contributed by atoms with Crippen molar-refractivity contribution in [1.82, 2.24) is 24.1 Å². The number of nitrogens with zero attached hydrogens (tertiary/aromatic N) is 4. The smallest absolute Gasteiger partial charge is 0.302 e. The fourth-order valence-electron chi connectivity index (χ4n) is 2.47. The number of H-pyrrole nitrogens is 1. The van der Waals surface area contributed by atoms with Gasteiger partial charge in [0.15, 0.2) is 5.69 Å². The SMILES string of the molecule is Cc1cc(-n2c(=O)c(-c3c[nH]n(C)c(=O)c3=O)nn(C)c2=O)ccc1F. The molecule has 0 amide bonds. The average Bonchev–Trinajstić information content (AvgIpc) is 2.60. The van der Waals surface area contributed by atoms with Crippen molar-refractivity contribution >= 4 is 0 Å². The molecule has 0 aliphatic heterocycles. The van der Waals surface area contributed by atoms with Crippen molar-refractivity contribution in [3.05, 3.63) is 77.2 Å². The highest BCUT2D eigenvalue weighted by molar-refractivity contribution is 5.56. The van der Waals surface area contributed by atoms with Gasteiger partial charge in [-0.3, -0.25) is 19.1 Å². The van der Waals surface area contributed by atoms with Crippen LogP contribution in [0.5, 0.6) is 0 Å². The predicted octanol–water partition coefficient (Wildman–Crippen LogP) is -0.567. The number of rotatable bonds is 2. The van der Waals surface area contributed by atoms with Gasteiger partial charge in [0.25, 0.3) is 11.0 Å². The molecule has 0 radical (unpaired) electrons. The molecule has 0 atom stereocenters. The van der Waals surface area contributed by atoms with E-state index in [2.05, 4.69) is 10.2 Å². The van der Waals surface area contributed by atoms with E-state index in [1.54, 1.807) is 0 Å². The molecular formula is C16H14FN5O4. The van der Waals surface area contributed by atoms with Crippen molar-refractivity contribution < 1.29 is 4.39 Å². The molecule has 0 aliphatic carbocycles. The number of hydrogen-bond acceptors (Lipinski definition) is 5. The summed E-state index contributed by atoms with van der Waals surface area (Å²) in [6.07, 6.45) is 1.16. The maximum Gasteiger partial charge on any atom is 0.351 e. The van der Waals surface area contributed by atoms with Gasteiger partial charge in [-0.2, -0.15) is 5.10 Å². The molecule has 0 saturated heterocycles. The first-order valence-electron chi connectivity index (χ1n) is 7.48. The van der Waals surface area contributed by atoms with E-state index in [4.69, 9.17) is 0 Å². The minimum Gasteiger partial charge on any atom is -0.302 e. The highest BCUT2D eigenvalue weighted by Gasteiger charge is 2.19. The Morgan fingerprint density at radius 2 is 1.77 bits per heavy atom. The molecule has 1 N–H and O–H groups in total. The molecule has 26 heavy (non-hydrogen) atoms. The summed E-state index contributed by atoms with van der Waals surface area (Å²) in [5.41, 5.74) is -3.74. The average molecular weight is 359 g/mol. The first-order chi connectivity index (χ1) is 12.2. The molecular weight excluding hydrogens is 345 g/mol. The molecule has 0 aliphatic rings. The van der Waals surface area contributed by atoms with Gasteiger partial charge >= 0.3 is 11.2 Å². The third-order valence-electron chi connectivity index (χ3n) is 3.92. The van der Waals surface area contributed by atoms with Gasteiger partial charge < -0.3 is 5.10 Å². The van der Waals surface area contributed by atoms with Crippen LogP contribution in [0.15, 0.2) is 43.6 Å². The van der Waals surface area contributed by atoms with Crippen molar-refractivity contribution in [2.24, 2.45) is 14.1 Å².